The largest absolute Gasteiger partial charge is 0.388 e. The lowest BCUT2D eigenvalue weighted by Crippen LogP contribution is -2.66. The number of fused-ring (bicyclic) bond motifs is 1. The maximum atomic E-state index is 13.2. The molecule has 0 spiro atoms. The van der Waals surface area contributed by atoms with Crippen LogP contribution in [0.1, 0.15) is 118 Å². The number of unbranched alkanes of at least 4 members (excludes halogenated alkanes) is 13. The van der Waals surface area contributed by atoms with E-state index in [1.54, 1.807) is 31.4 Å². The molecule has 3 rings (SSSR count). The molecule has 1 saturated heterocycles. The van der Waals surface area contributed by atoms with Crippen molar-refractivity contribution in [2.45, 2.75) is 134 Å². The Morgan fingerprint density at radius 3 is 1.84 bits per heavy atom. The van der Waals surface area contributed by atoms with Crippen molar-refractivity contribution in [2.24, 2.45) is 5.73 Å². The molecule has 0 unspecified atom stereocenters. The van der Waals surface area contributed by atoms with Gasteiger partial charge in [0.1, 0.15) is 30.5 Å². The van der Waals surface area contributed by atoms with Crippen molar-refractivity contribution in [2.75, 3.05) is 33.5 Å². The average Bonchev–Trinajstić information content (AvgIpc) is 3.29. The van der Waals surface area contributed by atoms with Crippen LogP contribution in [0.5, 0.6) is 0 Å². The molecule has 0 aliphatic carbocycles. The SMILES string of the molecule is CCCCCCCCCCCCCCCCOC[C@@H](CO[C@@H]1O[C@H](CN)[C@@H](O)[C@H](O)[C@H]1N1C(=O)c2ccccc2C1=O)OC. The number of rotatable bonds is 23. The average molecular weight is 621 g/mol. The fourth-order valence-corrected chi connectivity index (χ4v) is 6.00. The number of imide groups is 1. The molecule has 10 heteroatoms. The van der Waals surface area contributed by atoms with Crippen LogP contribution in [0.15, 0.2) is 24.3 Å². The maximum absolute atomic E-state index is 13.2. The lowest BCUT2D eigenvalue weighted by molar-refractivity contribution is -0.277. The van der Waals surface area contributed by atoms with Crippen LogP contribution >= 0.6 is 0 Å². The summed E-state index contributed by atoms with van der Waals surface area (Å²) in [7, 11) is 1.55. The normalized spacial score (nSPS) is 24.2. The highest BCUT2D eigenvalue weighted by Gasteiger charge is 2.53. The van der Waals surface area contributed by atoms with E-state index in [1.807, 2.05) is 0 Å². The molecule has 0 bridgehead atoms. The molecule has 2 aliphatic rings. The second-order valence-corrected chi connectivity index (χ2v) is 12.1. The number of methoxy groups -OCH3 is 1. The van der Waals surface area contributed by atoms with Crippen molar-refractivity contribution in [1.82, 2.24) is 4.90 Å². The molecule has 0 aromatic heterocycles. The summed E-state index contributed by atoms with van der Waals surface area (Å²) < 4.78 is 23.2. The quantitative estimate of drug-likeness (QED) is 0.118. The van der Waals surface area contributed by atoms with Crippen LogP contribution in [0, 0.1) is 0 Å². The van der Waals surface area contributed by atoms with E-state index in [-0.39, 0.29) is 24.3 Å². The van der Waals surface area contributed by atoms with Gasteiger partial charge in [-0.25, -0.2) is 0 Å². The predicted octanol–water partition coefficient (Wildman–Crippen LogP) is 4.59. The molecule has 44 heavy (non-hydrogen) atoms. The van der Waals surface area contributed by atoms with Gasteiger partial charge in [0.25, 0.3) is 11.8 Å². The Morgan fingerprint density at radius 2 is 1.34 bits per heavy atom. The van der Waals surface area contributed by atoms with Crippen LogP contribution in [0.4, 0.5) is 0 Å². The van der Waals surface area contributed by atoms with E-state index in [1.165, 1.54) is 77.0 Å². The van der Waals surface area contributed by atoms with Crippen LogP contribution in [-0.2, 0) is 18.9 Å². The molecule has 250 valence electrons. The van der Waals surface area contributed by atoms with E-state index in [9.17, 15) is 19.8 Å². The summed E-state index contributed by atoms with van der Waals surface area (Å²) in [6.45, 7) is 3.12. The van der Waals surface area contributed by atoms with Crippen LogP contribution in [0.3, 0.4) is 0 Å². The van der Waals surface area contributed by atoms with Crippen molar-refractivity contribution in [3.8, 4) is 0 Å². The second kappa shape index (κ2) is 20.3. The van der Waals surface area contributed by atoms with E-state index in [2.05, 4.69) is 6.92 Å². The zero-order valence-corrected chi connectivity index (χ0v) is 26.9. The number of carbonyl (C=O) groups excluding carboxylic acids is 2. The molecule has 10 nitrogen and oxygen atoms in total. The number of carbonyl (C=O) groups is 2. The fourth-order valence-electron chi connectivity index (χ4n) is 6.00. The second-order valence-electron chi connectivity index (χ2n) is 12.1. The molecule has 0 radical (unpaired) electrons. The minimum absolute atomic E-state index is 0.0275. The first-order valence-electron chi connectivity index (χ1n) is 16.8. The number of benzene rings is 1. The summed E-state index contributed by atoms with van der Waals surface area (Å²) in [5, 5.41) is 21.6. The molecule has 1 aromatic rings. The van der Waals surface area contributed by atoms with Gasteiger partial charge in [0.2, 0.25) is 0 Å². The lowest BCUT2D eigenvalue weighted by Gasteiger charge is -2.45. The molecule has 0 saturated carbocycles. The molecule has 6 atom stereocenters. The van der Waals surface area contributed by atoms with Gasteiger partial charge in [-0.3, -0.25) is 14.5 Å². The van der Waals surface area contributed by atoms with Crippen LogP contribution < -0.4 is 5.73 Å². The fraction of sp³-hybridized carbons (Fsp3) is 0.765. The summed E-state index contributed by atoms with van der Waals surface area (Å²) in [4.78, 5) is 27.2. The summed E-state index contributed by atoms with van der Waals surface area (Å²) in [6.07, 6.45) is 12.7. The molecular formula is C34H56N2O8. The van der Waals surface area contributed by atoms with Gasteiger partial charge in [0.15, 0.2) is 6.29 Å². The van der Waals surface area contributed by atoms with Crippen molar-refractivity contribution < 1.29 is 38.7 Å². The van der Waals surface area contributed by atoms with E-state index >= 15 is 0 Å². The first kappa shape index (κ1) is 36.5. The molecule has 2 aliphatic heterocycles. The number of aliphatic hydroxyl groups is 2. The number of hydrogen-bond acceptors (Lipinski definition) is 9. The Kier molecular flexibility index (Phi) is 16.8. The van der Waals surface area contributed by atoms with Crippen molar-refractivity contribution in [1.29, 1.82) is 0 Å². The Balaban J connectivity index is 1.35. The maximum Gasteiger partial charge on any atom is 0.262 e. The smallest absolute Gasteiger partial charge is 0.262 e. The van der Waals surface area contributed by atoms with E-state index < -0.39 is 48.6 Å². The van der Waals surface area contributed by atoms with E-state index in [0.29, 0.717) is 13.2 Å². The highest BCUT2D eigenvalue weighted by atomic mass is 16.7. The first-order valence-corrected chi connectivity index (χ1v) is 16.8. The molecule has 1 aromatic carbocycles. The molecule has 2 amide bonds. The minimum atomic E-state index is -1.51. The Labute approximate surface area is 263 Å². The van der Waals surface area contributed by atoms with Crippen molar-refractivity contribution >= 4 is 11.8 Å². The lowest BCUT2D eigenvalue weighted by atomic mass is 9.95. The van der Waals surface area contributed by atoms with Crippen LogP contribution in [-0.4, -0.2) is 97.2 Å². The van der Waals surface area contributed by atoms with Gasteiger partial charge in [-0.15, -0.1) is 0 Å². The summed E-state index contributed by atoms with van der Waals surface area (Å²) in [6, 6.07) is 5.16. The Hall–Kier alpha value is -1.92. The number of hydrogen-bond donors (Lipinski definition) is 3. The molecule has 2 heterocycles. The first-order chi connectivity index (χ1) is 21.4. The van der Waals surface area contributed by atoms with Gasteiger partial charge >= 0.3 is 0 Å². The van der Waals surface area contributed by atoms with Crippen molar-refractivity contribution in [3.63, 3.8) is 0 Å². The minimum Gasteiger partial charge on any atom is -0.388 e. The monoisotopic (exact) mass is 620 g/mol. The number of ether oxygens (including phenoxy) is 4. The standard InChI is InChI=1S/C34H56N2O8/c1-3-4-5-6-7-8-9-10-11-12-13-14-15-18-21-42-23-25(41-2)24-43-34-29(31(38)30(37)28(22-35)44-34)36-32(39)26-19-16-17-20-27(26)33(36)40/h16-17,19-20,25,28-31,34,37-38H,3-15,18,21-24,35H2,1-2H3/t25-,28+,29+,30+,31+,34+/m0/s1. The number of nitrogens with two attached hydrogens (primary N) is 1. The zero-order chi connectivity index (χ0) is 31.7. The highest BCUT2D eigenvalue weighted by Crippen LogP contribution is 2.32. The van der Waals surface area contributed by atoms with Crippen LogP contribution in [0.25, 0.3) is 0 Å². The van der Waals surface area contributed by atoms with Crippen LogP contribution in [0.2, 0.25) is 0 Å². The Morgan fingerprint density at radius 1 is 0.818 bits per heavy atom. The van der Waals surface area contributed by atoms with Gasteiger partial charge in [0.05, 0.1) is 24.3 Å². The molecule has 1 fully saturated rings. The third kappa shape index (κ3) is 10.6. The molecule has 4 N–H and O–H groups in total. The molecular weight excluding hydrogens is 564 g/mol. The van der Waals surface area contributed by atoms with Crippen molar-refractivity contribution in [3.05, 3.63) is 35.4 Å². The number of nitrogens with zero attached hydrogens (tertiary/aromatic N) is 1. The zero-order valence-electron chi connectivity index (χ0n) is 26.9. The summed E-state index contributed by atoms with van der Waals surface area (Å²) in [5.41, 5.74) is 6.21. The van der Waals surface area contributed by atoms with Gasteiger partial charge in [-0.2, -0.15) is 0 Å². The van der Waals surface area contributed by atoms with E-state index in [0.717, 1.165) is 17.7 Å². The Bertz CT molecular complexity index is 943. The number of aliphatic hydroxyl groups excluding tert-OH is 2. The third-order valence-electron chi connectivity index (χ3n) is 8.75. The van der Waals surface area contributed by atoms with E-state index in [4.69, 9.17) is 24.7 Å². The third-order valence-corrected chi connectivity index (χ3v) is 8.75. The predicted molar refractivity (Wildman–Crippen MR) is 168 cm³/mol. The van der Waals surface area contributed by atoms with Gasteiger partial charge < -0.3 is 34.9 Å². The summed E-state index contributed by atoms with van der Waals surface area (Å²) >= 11 is 0. The highest BCUT2D eigenvalue weighted by molar-refractivity contribution is 6.21. The number of amides is 2. The summed E-state index contributed by atoms with van der Waals surface area (Å²) in [5.74, 6) is -1.16. The van der Waals surface area contributed by atoms with Gasteiger partial charge in [0, 0.05) is 20.3 Å². The van der Waals surface area contributed by atoms with Gasteiger partial charge in [-0.05, 0) is 18.6 Å². The topological polar surface area (TPSA) is 141 Å². The van der Waals surface area contributed by atoms with Gasteiger partial charge in [-0.1, -0.05) is 103 Å².